The Bertz CT molecular complexity index is 557. The van der Waals surface area contributed by atoms with Gasteiger partial charge in [-0.2, -0.15) is 0 Å². The number of fused-ring (bicyclic) bond motifs is 1. The second kappa shape index (κ2) is 8.00. The third kappa shape index (κ3) is 4.44. The number of pyridine rings is 1. The Morgan fingerprint density at radius 2 is 2.05 bits per heavy atom. The van der Waals surface area contributed by atoms with Crippen LogP contribution >= 0.6 is 0 Å². The zero-order valence-electron chi connectivity index (χ0n) is 12.1. The normalized spacial score (nSPS) is 13.0. The van der Waals surface area contributed by atoms with Gasteiger partial charge < -0.3 is 10.1 Å². The summed E-state index contributed by atoms with van der Waals surface area (Å²) in [4.78, 5) is 4.44. The van der Waals surface area contributed by atoms with Crippen LogP contribution in [0.2, 0.25) is 0 Å². The molecule has 0 amide bonds. The largest absolute Gasteiger partial charge is 0.375 e. The summed E-state index contributed by atoms with van der Waals surface area (Å²) in [6, 6.07) is 10.00. The summed E-state index contributed by atoms with van der Waals surface area (Å²) < 4.78 is 29.2. The standard InChI is InChI=1S/C16H20F2N2O/c1-2-19-14(8-10-21-11-15(17)18)13-7-3-5-12-6-4-9-20-16(12)13/h3-7,9,14-15,19H,2,8,10-11H2,1H3. The molecule has 0 bridgehead atoms. The van der Waals surface area contributed by atoms with Gasteiger partial charge in [0.1, 0.15) is 6.61 Å². The second-order valence-electron chi connectivity index (χ2n) is 4.79. The van der Waals surface area contributed by atoms with Crippen molar-refractivity contribution in [3.05, 3.63) is 42.1 Å². The molecule has 2 aromatic rings. The second-order valence-corrected chi connectivity index (χ2v) is 4.79. The highest BCUT2D eigenvalue weighted by Crippen LogP contribution is 2.24. The maximum absolute atomic E-state index is 12.1. The van der Waals surface area contributed by atoms with Crippen LogP contribution in [0.1, 0.15) is 24.9 Å². The molecule has 1 heterocycles. The van der Waals surface area contributed by atoms with Crippen molar-refractivity contribution < 1.29 is 13.5 Å². The molecule has 0 saturated heterocycles. The fourth-order valence-corrected chi connectivity index (χ4v) is 2.40. The topological polar surface area (TPSA) is 34.1 Å². The number of nitrogens with zero attached hydrogens (tertiary/aromatic N) is 1. The van der Waals surface area contributed by atoms with Crippen LogP contribution in [0.15, 0.2) is 36.5 Å². The molecular weight excluding hydrogens is 274 g/mol. The smallest absolute Gasteiger partial charge is 0.261 e. The predicted octanol–water partition coefficient (Wildman–Crippen LogP) is 3.56. The van der Waals surface area contributed by atoms with Gasteiger partial charge in [-0.05, 0) is 24.6 Å². The van der Waals surface area contributed by atoms with E-state index in [0.29, 0.717) is 13.0 Å². The fraction of sp³-hybridized carbons (Fsp3) is 0.438. The molecular formula is C16H20F2N2O. The van der Waals surface area contributed by atoms with Crippen molar-refractivity contribution in [2.45, 2.75) is 25.8 Å². The Kier molecular flexibility index (Phi) is 6.02. The van der Waals surface area contributed by atoms with E-state index in [9.17, 15) is 8.78 Å². The molecule has 0 aliphatic rings. The molecule has 5 heteroatoms. The maximum atomic E-state index is 12.1. The van der Waals surface area contributed by atoms with Crippen LogP contribution in [0.4, 0.5) is 8.78 Å². The van der Waals surface area contributed by atoms with Crippen LogP contribution in [0.3, 0.4) is 0 Å². The summed E-state index contributed by atoms with van der Waals surface area (Å²) in [6.45, 7) is 2.60. The quantitative estimate of drug-likeness (QED) is 0.756. The Hall–Kier alpha value is -1.59. The Morgan fingerprint density at radius 1 is 1.24 bits per heavy atom. The summed E-state index contributed by atoms with van der Waals surface area (Å²) in [5, 5.41) is 4.45. The van der Waals surface area contributed by atoms with Gasteiger partial charge in [-0.1, -0.05) is 31.2 Å². The molecule has 1 unspecified atom stereocenters. The first-order valence-electron chi connectivity index (χ1n) is 7.15. The number of halogens is 2. The van der Waals surface area contributed by atoms with Crippen LogP contribution in [0.25, 0.3) is 10.9 Å². The number of alkyl halides is 2. The van der Waals surface area contributed by atoms with Crippen molar-refractivity contribution in [2.75, 3.05) is 19.8 Å². The van der Waals surface area contributed by atoms with Gasteiger partial charge in [-0.3, -0.25) is 4.98 Å². The van der Waals surface area contributed by atoms with E-state index < -0.39 is 13.0 Å². The molecule has 2 rings (SSSR count). The highest BCUT2D eigenvalue weighted by molar-refractivity contribution is 5.81. The molecule has 1 atom stereocenters. The van der Waals surface area contributed by atoms with Crippen LogP contribution in [-0.2, 0) is 4.74 Å². The summed E-state index contributed by atoms with van der Waals surface area (Å²) in [5.41, 5.74) is 2.02. The number of aromatic nitrogens is 1. The van der Waals surface area contributed by atoms with Gasteiger partial charge in [0.05, 0.1) is 5.52 Å². The van der Waals surface area contributed by atoms with Gasteiger partial charge in [-0.25, -0.2) is 8.78 Å². The molecule has 0 aliphatic carbocycles. The van der Waals surface area contributed by atoms with Gasteiger partial charge in [0.25, 0.3) is 6.43 Å². The van der Waals surface area contributed by atoms with Crippen LogP contribution < -0.4 is 5.32 Å². The van der Waals surface area contributed by atoms with E-state index in [-0.39, 0.29) is 6.04 Å². The molecule has 0 fully saturated rings. The first-order chi connectivity index (χ1) is 10.2. The summed E-state index contributed by atoms with van der Waals surface area (Å²) in [6.07, 6.45) is -0.0138. The van der Waals surface area contributed by atoms with Gasteiger partial charge in [-0.15, -0.1) is 0 Å². The van der Waals surface area contributed by atoms with Gasteiger partial charge in [0.15, 0.2) is 0 Å². The number of ether oxygens (including phenoxy) is 1. The minimum absolute atomic E-state index is 0.0475. The molecule has 0 saturated carbocycles. The predicted molar refractivity (Wildman–Crippen MR) is 79.6 cm³/mol. The van der Waals surface area contributed by atoms with Crippen molar-refractivity contribution >= 4 is 10.9 Å². The van der Waals surface area contributed by atoms with Crippen molar-refractivity contribution in [1.82, 2.24) is 10.3 Å². The van der Waals surface area contributed by atoms with Gasteiger partial charge in [0, 0.05) is 24.2 Å². The van der Waals surface area contributed by atoms with Crippen molar-refractivity contribution in [1.29, 1.82) is 0 Å². The third-order valence-corrected chi connectivity index (χ3v) is 3.28. The number of rotatable bonds is 8. The molecule has 0 spiro atoms. The fourth-order valence-electron chi connectivity index (χ4n) is 2.40. The first-order valence-corrected chi connectivity index (χ1v) is 7.15. The third-order valence-electron chi connectivity index (χ3n) is 3.28. The van der Waals surface area contributed by atoms with E-state index in [2.05, 4.69) is 10.3 Å². The summed E-state index contributed by atoms with van der Waals surface area (Å²) in [7, 11) is 0. The van der Waals surface area contributed by atoms with Gasteiger partial charge >= 0.3 is 0 Å². The monoisotopic (exact) mass is 294 g/mol. The molecule has 0 radical (unpaired) electrons. The van der Waals surface area contributed by atoms with Crippen molar-refractivity contribution in [2.24, 2.45) is 0 Å². The zero-order chi connectivity index (χ0) is 15.1. The van der Waals surface area contributed by atoms with Crippen LogP contribution in [-0.4, -0.2) is 31.2 Å². The van der Waals surface area contributed by atoms with Gasteiger partial charge in [0.2, 0.25) is 0 Å². The zero-order valence-corrected chi connectivity index (χ0v) is 12.1. The van der Waals surface area contributed by atoms with E-state index in [1.807, 2.05) is 37.3 Å². The molecule has 21 heavy (non-hydrogen) atoms. The van der Waals surface area contributed by atoms with Crippen LogP contribution in [0, 0.1) is 0 Å². The van der Waals surface area contributed by atoms with E-state index in [0.717, 1.165) is 23.0 Å². The Labute approximate surface area is 123 Å². The minimum atomic E-state index is -2.41. The molecule has 114 valence electrons. The highest BCUT2D eigenvalue weighted by Gasteiger charge is 2.14. The lowest BCUT2D eigenvalue weighted by atomic mass is 10.0. The van der Waals surface area contributed by atoms with Crippen molar-refractivity contribution in [3.63, 3.8) is 0 Å². The lowest BCUT2D eigenvalue weighted by molar-refractivity contribution is 0.0144. The molecule has 3 nitrogen and oxygen atoms in total. The molecule has 1 aromatic carbocycles. The molecule has 0 aliphatic heterocycles. The van der Waals surface area contributed by atoms with E-state index in [1.165, 1.54) is 0 Å². The highest BCUT2D eigenvalue weighted by atomic mass is 19.3. The summed E-state index contributed by atoms with van der Waals surface area (Å²) >= 11 is 0. The average molecular weight is 294 g/mol. The summed E-state index contributed by atoms with van der Waals surface area (Å²) in [5.74, 6) is 0. The average Bonchev–Trinajstić information content (AvgIpc) is 2.49. The van der Waals surface area contributed by atoms with E-state index >= 15 is 0 Å². The number of nitrogens with one attached hydrogen (secondary N) is 1. The lowest BCUT2D eigenvalue weighted by Crippen LogP contribution is -2.23. The first kappa shape index (κ1) is 15.8. The molecule has 1 aromatic heterocycles. The molecule has 1 N–H and O–H groups in total. The van der Waals surface area contributed by atoms with Crippen LogP contribution in [0.5, 0.6) is 0 Å². The van der Waals surface area contributed by atoms with E-state index in [4.69, 9.17) is 4.74 Å². The number of para-hydroxylation sites is 1. The van der Waals surface area contributed by atoms with Crippen molar-refractivity contribution in [3.8, 4) is 0 Å². The maximum Gasteiger partial charge on any atom is 0.261 e. The van der Waals surface area contributed by atoms with E-state index in [1.54, 1.807) is 6.20 Å². The number of hydrogen-bond acceptors (Lipinski definition) is 3. The Morgan fingerprint density at radius 3 is 2.81 bits per heavy atom. The number of benzene rings is 1. The SMILES string of the molecule is CCNC(CCOCC(F)F)c1cccc2cccnc12. The minimum Gasteiger partial charge on any atom is -0.375 e. The lowest BCUT2D eigenvalue weighted by Gasteiger charge is -2.19. The number of hydrogen-bond donors (Lipinski definition) is 1. The Balaban J connectivity index is 2.12.